The van der Waals surface area contributed by atoms with E-state index in [1.807, 2.05) is 18.2 Å². The van der Waals surface area contributed by atoms with E-state index in [1.54, 1.807) is 12.4 Å². The smallest absolute Gasteiger partial charge is 0.253 e. The largest absolute Gasteiger partial charge is 0.475 e. The highest BCUT2D eigenvalue weighted by atomic mass is 32.1. The summed E-state index contributed by atoms with van der Waals surface area (Å²) in [7, 11) is 2.14. The van der Waals surface area contributed by atoms with Crippen molar-refractivity contribution in [2.45, 2.75) is 39.5 Å². The van der Waals surface area contributed by atoms with Crippen molar-refractivity contribution in [3.05, 3.63) is 42.4 Å². The zero-order valence-electron chi connectivity index (χ0n) is 16.1. The summed E-state index contributed by atoms with van der Waals surface area (Å²) in [6.45, 7) is 7.32. The summed E-state index contributed by atoms with van der Waals surface area (Å²) in [4.78, 5) is 6.09. The third kappa shape index (κ3) is 7.62. The average Bonchev–Trinajstić information content (AvgIpc) is 3.12. The second kappa shape index (κ2) is 11.8. The Morgan fingerprint density at radius 1 is 1.15 bits per heavy atom. The minimum atomic E-state index is 0.723. The summed E-state index contributed by atoms with van der Waals surface area (Å²) in [6.07, 6.45) is 10.4. The van der Waals surface area contributed by atoms with Crippen LogP contribution in [0.5, 0.6) is 5.88 Å². The average molecular weight is 375 g/mol. The van der Waals surface area contributed by atoms with E-state index in [9.17, 15) is 0 Å². The van der Waals surface area contributed by atoms with E-state index >= 15 is 0 Å². The van der Waals surface area contributed by atoms with Gasteiger partial charge in [0.1, 0.15) is 5.69 Å². The maximum Gasteiger partial charge on any atom is 0.253 e. The quantitative estimate of drug-likeness (QED) is 0.666. The van der Waals surface area contributed by atoms with Gasteiger partial charge in [-0.2, -0.15) is 4.37 Å². The standard InChI is InChI=1S/C15H25N3OS.C5H5N/c1-12(2)7-4-5-10-19-15-14(16-20-17-15)13-8-6-9-18(3)11-13;1-2-4-6-5-3-1/h8,12H,4-7,9-11H2,1-3H3;1-5H. The number of hydrogen-bond acceptors (Lipinski definition) is 6. The normalized spacial score (nSPS) is 14.5. The van der Waals surface area contributed by atoms with Gasteiger partial charge in [0.05, 0.1) is 18.3 Å². The highest BCUT2D eigenvalue weighted by Crippen LogP contribution is 2.27. The number of rotatable bonds is 7. The first-order chi connectivity index (χ1) is 12.7. The monoisotopic (exact) mass is 374 g/mol. The summed E-state index contributed by atoms with van der Waals surface area (Å²) >= 11 is 1.25. The molecular formula is C20H30N4OS. The fraction of sp³-hybridized carbons (Fsp3) is 0.550. The fourth-order valence-electron chi connectivity index (χ4n) is 2.67. The lowest BCUT2D eigenvalue weighted by atomic mass is 10.1. The molecular weight excluding hydrogens is 344 g/mol. The summed E-state index contributed by atoms with van der Waals surface area (Å²) in [5.41, 5.74) is 2.20. The highest BCUT2D eigenvalue weighted by Gasteiger charge is 2.18. The van der Waals surface area contributed by atoms with Gasteiger partial charge in [0.2, 0.25) is 0 Å². The lowest BCUT2D eigenvalue weighted by molar-refractivity contribution is 0.291. The molecule has 2 aromatic heterocycles. The Kier molecular flexibility index (Phi) is 9.28. The van der Waals surface area contributed by atoms with Crippen LogP contribution >= 0.6 is 11.7 Å². The molecule has 2 aromatic rings. The molecule has 5 nitrogen and oxygen atoms in total. The molecule has 0 bridgehead atoms. The lowest BCUT2D eigenvalue weighted by Crippen LogP contribution is -2.25. The van der Waals surface area contributed by atoms with E-state index < -0.39 is 0 Å². The molecule has 0 fully saturated rings. The molecule has 0 aromatic carbocycles. The molecule has 26 heavy (non-hydrogen) atoms. The van der Waals surface area contributed by atoms with Crippen molar-refractivity contribution in [1.82, 2.24) is 18.6 Å². The van der Waals surface area contributed by atoms with Crippen LogP contribution in [-0.2, 0) is 0 Å². The number of aromatic nitrogens is 3. The lowest BCUT2D eigenvalue weighted by Gasteiger charge is -2.22. The minimum absolute atomic E-state index is 0.723. The molecule has 0 radical (unpaired) electrons. The highest BCUT2D eigenvalue weighted by molar-refractivity contribution is 6.99. The van der Waals surface area contributed by atoms with Crippen LogP contribution in [0.25, 0.3) is 5.57 Å². The van der Waals surface area contributed by atoms with E-state index in [0.29, 0.717) is 0 Å². The Labute approximate surface area is 161 Å². The van der Waals surface area contributed by atoms with Crippen molar-refractivity contribution in [3.63, 3.8) is 0 Å². The van der Waals surface area contributed by atoms with Crippen LogP contribution in [0.3, 0.4) is 0 Å². The predicted octanol–water partition coefficient (Wildman–Crippen LogP) is 4.54. The second-order valence-electron chi connectivity index (χ2n) is 6.94. The third-order valence-corrected chi connectivity index (χ3v) is 4.60. The molecule has 3 heterocycles. The molecule has 1 aliphatic rings. The van der Waals surface area contributed by atoms with Gasteiger partial charge in [0.15, 0.2) is 0 Å². The van der Waals surface area contributed by atoms with Gasteiger partial charge in [-0.1, -0.05) is 32.4 Å². The summed E-state index contributed by atoms with van der Waals surface area (Å²) in [6, 6.07) is 5.72. The molecule has 0 saturated heterocycles. The molecule has 1 aliphatic heterocycles. The van der Waals surface area contributed by atoms with Gasteiger partial charge in [-0.15, -0.1) is 4.37 Å². The number of unbranched alkanes of at least 4 members (excludes halogenated alkanes) is 1. The van der Waals surface area contributed by atoms with Gasteiger partial charge in [0, 0.05) is 25.5 Å². The fourth-order valence-corrected chi connectivity index (χ4v) is 3.20. The van der Waals surface area contributed by atoms with Crippen molar-refractivity contribution in [2.24, 2.45) is 5.92 Å². The van der Waals surface area contributed by atoms with Crippen LogP contribution in [0.1, 0.15) is 45.2 Å². The van der Waals surface area contributed by atoms with Crippen LogP contribution < -0.4 is 4.74 Å². The summed E-state index contributed by atoms with van der Waals surface area (Å²) < 4.78 is 14.5. The first kappa shape index (κ1) is 20.5. The number of pyridine rings is 1. The predicted molar refractivity (Wildman–Crippen MR) is 108 cm³/mol. The summed E-state index contributed by atoms with van der Waals surface area (Å²) in [5, 5.41) is 0. The maximum atomic E-state index is 5.82. The second-order valence-corrected chi connectivity index (χ2v) is 7.46. The van der Waals surface area contributed by atoms with Crippen LogP contribution in [-0.4, -0.2) is 45.4 Å². The van der Waals surface area contributed by atoms with Gasteiger partial charge in [-0.05, 0) is 49.9 Å². The summed E-state index contributed by atoms with van der Waals surface area (Å²) in [5.74, 6) is 1.50. The van der Waals surface area contributed by atoms with Crippen LogP contribution in [0.4, 0.5) is 0 Å². The molecule has 3 rings (SSSR count). The number of nitrogens with zero attached hydrogens (tertiary/aromatic N) is 4. The zero-order chi connectivity index (χ0) is 18.6. The molecule has 0 spiro atoms. The first-order valence-corrected chi connectivity index (χ1v) is 10.1. The van der Waals surface area contributed by atoms with Crippen molar-refractivity contribution in [3.8, 4) is 5.88 Å². The topological polar surface area (TPSA) is 51.1 Å². The molecule has 0 saturated carbocycles. The number of likely N-dealkylation sites (N-methyl/N-ethyl adjacent to an activating group) is 1. The zero-order valence-corrected chi connectivity index (χ0v) is 16.9. The van der Waals surface area contributed by atoms with Crippen LogP contribution in [0.2, 0.25) is 0 Å². The van der Waals surface area contributed by atoms with Gasteiger partial charge in [-0.3, -0.25) is 4.98 Å². The first-order valence-electron chi connectivity index (χ1n) is 9.35. The Balaban J connectivity index is 0.000000342. The van der Waals surface area contributed by atoms with Crippen LogP contribution in [0.15, 0.2) is 36.7 Å². The third-order valence-electron chi connectivity index (χ3n) is 4.09. The van der Waals surface area contributed by atoms with E-state index in [2.05, 4.69) is 45.6 Å². The Bertz CT molecular complexity index is 616. The van der Waals surface area contributed by atoms with E-state index in [1.165, 1.54) is 30.1 Å². The van der Waals surface area contributed by atoms with Crippen molar-refractivity contribution in [1.29, 1.82) is 0 Å². The van der Waals surface area contributed by atoms with E-state index in [0.717, 1.165) is 50.0 Å². The van der Waals surface area contributed by atoms with Gasteiger partial charge < -0.3 is 9.64 Å². The van der Waals surface area contributed by atoms with Crippen molar-refractivity contribution >= 4 is 17.3 Å². The van der Waals surface area contributed by atoms with Crippen LogP contribution in [0, 0.1) is 5.92 Å². The van der Waals surface area contributed by atoms with Crippen molar-refractivity contribution in [2.75, 3.05) is 26.7 Å². The molecule has 0 unspecified atom stereocenters. The van der Waals surface area contributed by atoms with E-state index in [4.69, 9.17) is 4.74 Å². The Morgan fingerprint density at radius 3 is 2.58 bits per heavy atom. The molecule has 6 heteroatoms. The maximum absolute atomic E-state index is 5.82. The minimum Gasteiger partial charge on any atom is -0.475 e. The number of hydrogen-bond donors (Lipinski definition) is 0. The Morgan fingerprint density at radius 2 is 1.96 bits per heavy atom. The van der Waals surface area contributed by atoms with Gasteiger partial charge in [0.25, 0.3) is 5.88 Å². The van der Waals surface area contributed by atoms with Gasteiger partial charge >= 0.3 is 0 Å². The molecule has 0 atom stereocenters. The van der Waals surface area contributed by atoms with Gasteiger partial charge in [-0.25, -0.2) is 0 Å². The number of ether oxygens (including phenoxy) is 1. The SMILES string of the molecule is CC(C)CCCCOc1nsnc1C1=CCCN(C)C1.c1ccncc1. The van der Waals surface area contributed by atoms with E-state index in [-0.39, 0.29) is 0 Å². The molecule has 0 aliphatic carbocycles. The molecule has 142 valence electrons. The molecule has 0 N–H and O–H groups in total. The Hall–Kier alpha value is -1.79. The molecule has 0 amide bonds. The van der Waals surface area contributed by atoms with Crippen molar-refractivity contribution < 1.29 is 4.74 Å².